The summed E-state index contributed by atoms with van der Waals surface area (Å²) in [5, 5.41) is 13.0. The van der Waals surface area contributed by atoms with Crippen LogP contribution in [0.1, 0.15) is 27.2 Å². The van der Waals surface area contributed by atoms with Crippen LogP contribution in [0.5, 0.6) is 0 Å². The number of nitrogens with zero attached hydrogens (tertiary/aromatic N) is 2. The van der Waals surface area contributed by atoms with Gasteiger partial charge in [-0.25, -0.2) is 4.98 Å². The van der Waals surface area contributed by atoms with Crippen molar-refractivity contribution < 1.29 is 9.90 Å². The molecule has 0 fully saturated rings. The average molecular weight is 335 g/mol. The van der Waals surface area contributed by atoms with Gasteiger partial charge in [-0.2, -0.15) is 0 Å². The number of aromatic nitrogens is 2. The van der Waals surface area contributed by atoms with E-state index in [9.17, 15) is 4.79 Å². The van der Waals surface area contributed by atoms with Crippen molar-refractivity contribution >= 4 is 28.7 Å². The Labute approximate surface area is 141 Å². The highest BCUT2D eigenvalue weighted by Crippen LogP contribution is 2.23. The Kier molecular flexibility index (Phi) is 6.47. The molecule has 1 atom stereocenters. The van der Waals surface area contributed by atoms with Crippen LogP contribution < -0.4 is 5.32 Å². The van der Waals surface area contributed by atoms with Crippen molar-refractivity contribution in [2.75, 3.05) is 12.4 Å². The van der Waals surface area contributed by atoms with Gasteiger partial charge in [-0.15, -0.1) is 0 Å². The molecule has 2 aromatic rings. The standard InChI is InChI=1S/C17H25N3O2S/c1-4-20-15-8-6-5-7-14(15)19-17(20)23-11-16(22)18-13(9-10-21)12(2)3/h5-8,12-13,21H,4,9-11H2,1-3H3,(H,18,22). The van der Waals surface area contributed by atoms with E-state index in [2.05, 4.69) is 21.8 Å². The Bertz CT molecular complexity index is 654. The zero-order valence-electron chi connectivity index (χ0n) is 14.0. The lowest BCUT2D eigenvalue weighted by Crippen LogP contribution is -2.40. The lowest BCUT2D eigenvalue weighted by molar-refractivity contribution is -0.119. The Hall–Kier alpha value is -1.53. The number of rotatable bonds is 8. The SMILES string of the molecule is CCn1c(SCC(=O)NC(CCO)C(C)C)nc2ccccc21. The number of aliphatic hydroxyl groups excluding tert-OH is 1. The van der Waals surface area contributed by atoms with E-state index in [0.717, 1.165) is 22.7 Å². The quantitative estimate of drug-likeness (QED) is 0.728. The number of aliphatic hydroxyl groups is 1. The first-order chi connectivity index (χ1) is 11.1. The number of hydrogen-bond acceptors (Lipinski definition) is 4. The van der Waals surface area contributed by atoms with Gasteiger partial charge in [0.25, 0.3) is 0 Å². The van der Waals surface area contributed by atoms with Crippen LogP contribution in [0.15, 0.2) is 29.4 Å². The van der Waals surface area contributed by atoms with E-state index in [1.807, 2.05) is 38.1 Å². The molecule has 1 amide bonds. The molecular formula is C17H25N3O2S. The third kappa shape index (κ3) is 4.48. The molecule has 0 aliphatic rings. The topological polar surface area (TPSA) is 67.2 Å². The van der Waals surface area contributed by atoms with E-state index in [1.165, 1.54) is 11.8 Å². The maximum Gasteiger partial charge on any atom is 0.230 e. The summed E-state index contributed by atoms with van der Waals surface area (Å²) in [4.78, 5) is 16.8. The molecule has 2 rings (SSSR count). The minimum atomic E-state index is -0.0168. The molecule has 0 radical (unpaired) electrons. The number of amides is 1. The molecule has 23 heavy (non-hydrogen) atoms. The first-order valence-corrected chi connectivity index (χ1v) is 9.03. The summed E-state index contributed by atoms with van der Waals surface area (Å²) in [6, 6.07) is 8.02. The molecule has 0 bridgehead atoms. The molecule has 6 heteroatoms. The Morgan fingerprint density at radius 3 is 2.78 bits per heavy atom. The van der Waals surface area contributed by atoms with Crippen LogP contribution in [-0.4, -0.2) is 39.0 Å². The van der Waals surface area contributed by atoms with Gasteiger partial charge in [-0.3, -0.25) is 4.79 Å². The number of thioether (sulfide) groups is 1. The number of benzene rings is 1. The van der Waals surface area contributed by atoms with E-state index in [1.54, 1.807) is 0 Å². The van der Waals surface area contributed by atoms with Crippen LogP contribution in [0.4, 0.5) is 0 Å². The third-order valence-electron chi connectivity index (χ3n) is 3.86. The summed E-state index contributed by atoms with van der Waals surface area (Å²) in [5.74, 6) is 0.617. The minimum Gasteiger partial charge on any atom is -0.396 e. The van der Waals surface area contributed by atoms with E-state index in [0.29, 0.717) is 18.1 Å². The summed E-state index contributed by atoms with van der Waals surface area (Å²) in [6.07, 6.45) is 0.585. The molecule has 2 N–H and O–H groups in total. The van der Waals surface area contributed by atoms with Crippen molar-refractivity contribution in [3.8, 4) is 0 Å². The van der Waals surface area contributed by atoms with Crippen molar-refractivity contribution in [1.29, 1.82) is 0 Å². The van der Waals surface area contributed by atoms with Crippen molar-refractivity contribution in [1.82, 2.24) is 14.9 Å². The number of para-hydroxylation sites is 2. The van der Waals surface area contributed by atoms with E-state index in [4.69, 9.17) is 5.11 Å². The number of hydrogen-bond donors (Lipinski definition) is 2. The normalized spacial score (nSPS) is 12.7. The molecule has 1 heterocycles. The predicted octanol–water partition coefficient (Wildman–Crippen LogP) is 2.67. The first-order valence-electron chi connectivity index (χ1n) is 8.05. The van der Waals surface area contributed by atoms with Crippen LogP contribution in [0.25, 0.3) is 11.0 Å². The number of nitrogens with one attached hydrogen (secondary N) is 1. The van der Waals surface area contributed by atoms with E-state index >= 15 is 0 Å². The fraction of sp³-hybridized carbons (Fsp3) is 0.529. The number of aryl methyl sites for hydroxylation is 1. The molecule has 0 aliphatic heterocycles. The van der Waals surface area contributed by atoms with Crippen LogP contribution in [0.3, 0.4) is 0 Å². The highest BCUT2D eigenvalue weighted by atomic mass is 32.2. The monoisotopic (exact) mass is 335 g/mol. The van der Waals surface area contributed by atoms with Gasteiger partial charge in [0.15, 0.2) is 5.16 Å². The van der Waals surface area contributed by atoms with Gasteiger partial charge in [-0.1, -0.05) is 37.7 Å². The van der Waals surface area contributed by atoms with Crippen molar-refractivity contribution in [2.24, 2.45) is 5.92 Å². The average Bonchev–Trinajstić information content (AvgIpc) is 2.89. The summed E-state index contributed by atoms with van der Waals surface area (Å²) < 4.78 is 2.13. The second kappa shape index (κ2) is 8.36. The zero-order valence-corrected chi connectivity index (χ0v) is 14.8. The number of fused-ring (bicyclic) bond motifs is 1. The second-order valence-electron chi connectivity index (χ2n) is 5.85. The first kappa shape index (κ1) is 17.8. The molecule has 0 spiro atoms. The maximum absolute atomic E-state index is 12.2. The van der Waals surface area contributed by atoms with Gasteiger partial charge in [-0.05, 0) is 31.4 Å². The Morgan fingerprint density at radius 1 is 1.39 bits per heavy atom. The second-order valence-corrected chi connectivity index (χ2v) is 6.79. The lowest BCUT2D eigenvalue weighted by Gasteiger charge is -2.21. The minimum absolute atomic E-state index is 0.0121. The van der Waals surface area contributed by atoms with Crippen molar-refractivity contribution in [3.63, 3.8) is 0 Å². The molecule has 126 valence electrons. The summed E-state index contributed by atoms with van der Waals surface area (Å²) >= 11 is 1.45. The van der Waals surface area contributed by atoms with Gasteiger partial charge < -0.3 is 15.0 Å². The number of imidazole rings is 1. The summed E-state index contributed by atoms with van der Waals surface area (Å²) in [5.41, 5.74) is 2.05. The zero-order chi connectivity index (χ0) is 16.8. The van der Waals surface area contributed by atoms with Gasteiger partial charge in [0.05, 0.1) is 16.8 Å². The van der Waals surface area contributed by atoms with E-state index in [-0.39, 0.29) is 18.6 Å². The van der Waals surface area contributed by atoms with Gasteiger partial charge >= 0.3 is 0 Å². The van der Waals surface area contributed by atoms with Gasteiger partial charge in [0, 0.05) is 19.2 Å². The van der Waals surface area contributed by atoms with E-state index < -0.39 is 0 Å². The highest BCUT2D eigenvalue weighted by Gasteiger charge is 2.17. The number of carbonyl (C=O) groups is 1. The van der Waals surface area contributed by atoms with Gasteiger partial charge in [0.1, 0.15) is 0 Å². The van der Waals surface area contributed by atoms with Crippen LogP contribution in [-0.2, 0) is 11.3 Å². The molecule has 0 aliphatic carbocycles. The molecule has 5 nitrogen and oxygen atoms in total. The Morgan fingerprint density at radius 2 is 2.13 bits per heavy atom. The van der Waals surface area contributed by atoms with Crippen LogP contribution >= 0.6 is 11.8 Å². The molecule has 1 unspecified atom stereocenters. The van der Waals surface area contributed by atoms with Gasteiger partial charge in [0.2, 0.25) is 5.91 Å². The number of carbonyl (C=O) groups excluding carboxylic acids is 1. The summed E-state index contributed by atoms with van der Waals surface area (Å²) in [6.45, 7) is 7.08. The van der Waals surface area contributed by atoms with Crippen LogP contribution in [0.2, 0.25) is 0 Å². The molecule has 1 aromatic heterocycles. The lowest BCUT2D eigenvalue weighted by atomic mass is 10.0. The molecular weight excluding hydrogens is 310 g/mol. The smallest absolute Gasteiger partial charge is 0.230 e. The summed E-state index contributed by atoms with van der Waals surface area (Å²) in [7, 11) is 0. The highest BCUT2D eigenvalue weighted by molar-refractivity contribution is 7.99. The van der Waals surface area contributed by atoms with Crippen LogP contribution in [0, 0.1) is 5.92 Å². The van der Waals surface area contributed by atoms with Crippen molar-refractivity contribution in [2.45, 2.75) is 44.9 Å². The third-order valence-corrected chi connectivity index (χ3v) is 4.84. The molecule has 1 aromatic carbocycles. The Balaban J connectivity index is 2.01. The fourth-order valence-electron chi connectivity index (χ4n) is 2.56. The fourth-order valence-corrected chi connectivity index (χ4v) is 3.45. The molecule has 0 saturated carbocycles. The predicted molar refractivity (Wildman–Crippen MR) is 94.6 cm³/mol. The maximum atomic E-state index is 12.2. The van der Waals surface area contributed by atoms with Crippen molar-refractivity contribution in [3.05, 3.63) is 24.3 Å². The molecule has 0 saturated heterocycles. The largest absolute Gasteiger partial charge is 0.396 e.